The van der Waals surface area contributed by atoms with Crippen molar-refractivity contribution in [1.82, 2.24) is 21.3 Å². The molecule has 0 rings (SSSR count). The second kappa shape index (κ2) is 16.8. The molecule has 0 spiro atoms. The van der Waals surface area contributed by atoms with Gasteiger partial charge < -0.3 is 49.3 Å². The summed E-state index contributed by atoms with van der Waals surface area (Å²) in [4.78, 5) is 82.1. The van der Waals surface area contributed by atoms with Crippen LogP contribution in [0.25, 0.3) is 0 Å². The topological polar surface area (TPSA) is 292 Å². The molecule has 0 saturated carbocycles. The van der Waals surface area contributed by atoms with Gasteiger partial charge in [-0.05, 0) is 39.5 Å². The zero-order valence-electron chi connectivity index (χ0n) is 21.0. The number of amides is 6. The molecule has 0 bridgehead atoms. The molecule has 0 unspecified atom stereocenters. The summed E-state index contributed by atoms with van der Waals surface area (Å²) in [5, 5.41) is 18.3. The Balaban J connectivity index is 4.70. The number of carbonyl (C=O) groups excluding carboxylic acids is 6. The van der Waals surface area contributed by atoms with Gasteiger partial charge in [0.1, 0.15) is 18.1 Å². The van der Waals surface area contributed by atoms with Gasteiger partial charge >= 0.3 is 5.97 Å². The highest BCUT2D eigenvalue weighted by Crippen LogP contribution is 2.03. The van der Waals surface area contributed by atoms with Crippen molar-refractivity contribution < 1.29 is 38.7 Å². The number of hydrogen-bond donors (Lipinski definition) is 9. The van der Waals surface area contributed by atoms with E-state index in [0.717, 1.165) is 0 Å². The Kier molecular flexibility index (Phi) is 15.1. The SMILES string of the molecule is C[C@H](N)C(=O)N[C@H](CCC(=O)O)C(=O)N[C@H](CC(=O)NCCCC[C@H](N)C(=O)N[C@H](C)C(N)=O)C(N)=O. The van der Waals surface area contributed by atoms with E-state index in [1.54, 1.807) is 0 Å². The maximum atomic E-state index is 12.6. The highest BCUT2D eigenvalue weighted by Gasteiger charge is 2.28. The normalized spacial score (nSPS) is 14.7. The third-order valence-corrected chi connectivity index (χ3v) is 5.13. The number of nitrogens with one attached hydrogen (secondary N) is 4. The number of aliphatic carboxylic acids is 1. The van der Waals surface area contributed by atoms with Gasteiger partial charge in [0.05, 0.1) is 18.5 Å². The van der Waals surface area contributed by atoms with Crippen LogP contribution in [-0.2, 0) is 33.6 Å². The number of carboxylic acid groups (broad SMARTS) is 1. The maximum absolute atomic E-state index is 12.6. The number of carboxylic acids is 1. The van der Waals surface area contributed by atoms with E-state index in [-0.39, 0.29) is 19.4 Å². The van der Waals surface area contributed by atoms with Crippen LogP contribution in [0, 0.1) is 0 Å². The van der Waals surface area contributed by atoms with Gasteiger partial charge in [-0.2, -0.15) is 0 Å². The van der Waals surface area contributed by atoms with Gasteiger partial charge in [0, 0.05) is 13.0 Å². The van der Waals surface area contributed by atoms with Crippen molar-refractivity contribution in [3.63, 3.8) is 0 Å². The second-order valence-corrected chi connectivity index (χ2v) is 8.53. The zero-order chi connectivity index (χ0) is 28.7. The molecular weight excluding hydrogens is 492 g/mol. The summed E-state index contributed by atoms with van der Waals surface area (Å²) in [5.74, 6) is -5.67. The summed E-state index contributed by atoms with van der Waals surface area (Å²) < 4.78 is 0. The molecule has 0 aliphatic carbocycles. The molecule has 0 radical (unpaired) electrons. The van der Waals surface area contributed by atoms with Crippen molar-refractivity contribution in [2.24, 2.45) is 22.9 Å². The number of rotatable bonds is 18. The molecule has 0 heterocycles. The maximum Gasteiger partial charge on any atom is 0.303 e. The monoisotopic (exact) mass is 530 g/mol. The lowest BCUT2D eigenvalue weighted by Gasteiger charge is -2.22. The molecule has 16 nitrogen and oxygen atoms in total. The van der Waals surface area contributed by atoms with E-state index in [1.807, 2.05) is 0 Å². The second-order valence-electron chi connectivity index (χ2n) is 8.53. The lowest BCUT2D eigenvalue weighted by Crippen LogP contribution is -2.55. The average Bonchev–Trinajstić information content (AvgIpc) is 2.79. The molecule has 16 heteroatoms. The molecule has 0 saturated heterocycles. The summed E-state index contributed by atoms with van der Waals surface area (Å²) in [7, 11) is 0. The van der Waals surface area contributed by atoms with Crippen molar-refractivity contribution in [3.8, 4) is 0 Å². The predicted molar refractivity (Wildman–Crippen MR) is 130 cm³/mol. The summed E-state index contributed by atoms with van der Waals surface area (Å²) in [5.41, 5.74) is 21.6. The Morgan fingerprint density at radius 1 is 0.757 bits per heavy atom. The zero-order valence-corrected chi connectivity index (χ0v) is 21.0. The molecular formula is C21H38N8O8. The highest BCUT2D eigenvalue weighted by atomic mass is 16.4. The van der Waals surface area contributed by atoms with E-state index in [9.17, 15) is 33.6 Å². The molecule has 0 aromatic heterocycles. The molecule has 5 atom stereocenters. The van der Waals surface area contributed by atoms with Crippen LogP contribution in [0.2, 0.25) is 0 Å². The van der Waals surface area contributed by atoms with Gasteiger partial charge in [-0.15, -0.1) is 0 Å². The summed E-state index contributed by atoms with van der Waals surface area (Å²) in [6, 6.07) is -5.43. The first-order valence-corrected chi connectivity index (χ1v) is 11.6. The number of hydrogen-bond acceptors (Lipinski definition) is 9. The largest absolute Gasteiger partial charge is 0.481 e. The minimum Gasteiger partial charge on any atom is -0.481 e. The van der Waals surface area contributed by atoms with Crippen LogP contribution >= 0.6 is 0 Å². The van der Waals surface area contributed by atoms with E-state index >= 15 is 0 Å². The van der Waals surface area contributed by atoms with E-state index in [4.69, 9.17) is 28.0 Å². The molecule has 13 N–H and O–H groups in total. The van der Waals surface area contributed by atoms with Crippen LogP contribution in [0.15, 0.2) is 0 Å². The average molecular weight is 531 g/mol. The first kappa shape index (κ1) is 33.2. The molecule has 6 amide bonds. The van der Waals surface area contributed by atoms with Crippen LogP contribution in [-0.4, -0.2) is 83.3 Å². The van der Waals surface area contributed by atoms with Gasteiger partial charge in [-0.3, -0.25) is 33.6 Å². The van der Waals surface area contributed by atoms with Gasteiger partial charge in [0.25, 0.3) is 0 Å². The van der Waals surface area contributed by atoms with Gasteiger partial charge in [0.2, 0.25) is 35.4 Å². The third kappa shape index (κ3) is 14.4. The lowest BCUT2D eigenvalue weighted by atomic mass is 10.1. The molecule has 210 valence electrons. The Labute approximate surface area is 214 Å². The number of carbonyl (C=O) groups is 7. The van der Waals surface area contributed by atoms with Crippen LogP contribution in [0.1, 0.15) is 52.4 Å². The number of nitrogens with two attached hydrogens (primary N) is 4. The van der Waals surface area contributed by atoms with Crippen molar-refractivity contribution in [1.29, 1.82) is 0 Å². The quantitative estimate of drug-likeness (QED) is 0.0767. The Morgan fingerprint density at radius 3 is 1.86 bits per heavy atom. The Hall–Kier alpha value is -3.79. The van der Waals surface area contributed by atoms with Crippen LogP contribution in [0.5, 0.6) is 0 Å². The fourth-order valence-corrected chi connectivity index (χ4v) is 2.83. The fraction of sp³-hybridized carbons (Fsp3) is 0.667. The van der Waals surface area contributed by atoms with Crippen molar-refractivity contribution >= 4 is 41.4 Å². The molecule has 0 aromatic rings. The number of primary amides is 2. The summed E-state index contributed by atoms with van der Waals surface area (Å²) in [6.45, 7) is 2.97. The van der Waals surface area contributed by atoms with Crippen LogP contribution in [0.3, 0.4) is 0 Å². The predicted octanol–water partition coefficient (Wildman–Crippen LogP) is -4.35. The van der Waals surface area contributed by atoms with Gasteiger partial charge in [0.15, 0.2) is 0 Å². The van der Waals surface area contributed by atoms with Gasteiger partial charge in [-0.25, -0.2) is 0 Å². The highest BCUT2D eigenvalue weighted by molar-refractivity contribution is 5.94. The van der Waals surface area contributed by atoms with E-state index in [1.165, 1.54) is 13.8 Å². The van der Waals surface area contributed by atoms with E-state index in [0.29, 0.717) is 12.8 Å². The fourth-order valence-electron chi connectivity index (χ4n) is 2.83. The lowest BCUT2D eigenvalue weighted by molar-refractivity contribution is -0.138. The van der Waals surface area contributed by atoms with Crippen LogP contribution < -0.4 is 44.2 Å². The molecule has 0 aliphatic rings. The minimum absolute atomic E-state index is 0.177. The third-order valence-electron chi connectivity index (χ3n) is 5.13. The Bertz CT molecular complexity index is 850. The molecule has 0 aromatic carbocycles. The van der Waals surface area contributed by atoms with Crippen LogP contribution in [0.4, 0.5) is 0 Å². The number of unbranched alkanes of at least 4 members (excludes halogenated alkanes) is 1. The summed E-state index contributed by atoms with van der Waals surface area (Å²) in [6.07, 6.45) is -0.0566. The van der Waals surface area contributed by atoms with Crippen molar-refractivity contribution in [2.45, 2.75) is 82.6 Å². The molecule has 0 fully saturated rings. The minimum atomic E-state index is -1.42. The van der Waals surface area contributed by atoms with Crippen molar-refractivity contribution in [3.05, 3.63) is 0 Å². The Morgan fingerprint density at radius 2 is 1.35 bits per heavy atom. The molecule has 0 aliphatic heterocycles. The van der Waals surface area contributed by atoms with Gasteiger partial charge in [-0.1, -0.05) is 0 Å². The van der Waals surface area contributed by atoms with Crippen molar-refractivity contribution in [2.75, 3.05) is 6.54 Å². The standard InChI is InChI=1S/C21H38N8O8/c1-10(22)19(35)28-13(6-7-16(31)32)21(37)29-14(18(25)34)9-15(30)26-8-4-3-5-12(23)20(36)27-11(2)17(24)33/h10-14H,3-9,22-23H2,1-2H3,(H2,24,33)(H2,25,34)(H,26,30)(H,27,36)(H,28,35)(H,29,37)(H,31,32)/t10-,11+,12-,13+,14+/m0/s1. The summed E-state index contributed by atoms with van der Waals surface area (Å²) >= 11 is 0. The first-order valence-electron chi connectivity index (χ1n) is 11.6. The van der Waals surface area contributed by atoms with E-state index < -0.39 is 84.5 Å². The first-order chi connectivity index (χ1) is 17.1. The van der Waals surface area contributed by atoms with E-state index in [2.05, 4.69) is 21.3 Å². The molecule has 37 heavy (non-hydrogen) atoms. The smallest absolute Gasteiger partial charge is 0.303 e.